The third-order valence-corrected chi connectivity index (χ3v) is 2.67. The van der Waals surface area contributed by atoms with Gasteiger partial charge in [0.15, 0.2) is 5.78 Å². The van der Waals surface area contributed by atoms with E-state index in [0.29, 0.717) is 17.1 Å². The van der Waals surface area contributed by atoms with Gasteiger partial charge in [-0.15, -0.1) is 0 Å². The molecule has 0 fully saturated rings. The van der Waals surface area contributed by atoms with Crippen molar-refractivity contribution in [2.75, 3.05) is 11.1 Å². The second-order valence-corrected chi connectivity index (χ2v) is 4.13. The molecule has 4 heteroatoms. The van der Waals surface area contributed by atoms with Crippen LogP contribution < -0.4 is 11.1 Å². The summed E-state index contributed by atoms with van der Waals surface area (Å²) in [6.45, 7) is 3.40. The quantitative estimate of drug-likeness (QED) is 0.811. The number of carbonyl (C=O) groups excluding carboxylic acids is 1. The molecule has 2 rings (SSSR count). The summed E-state index contributed by atoms with van der Waals surface area (Å²) in [4.78, 5) is 15.6. The largest absolute Gasteiger partial charge is 0.397 e. The van der Waals surface area contributed by atoms with E-state index in [-0.39, 0.29) is 5.78 Å². The number of pyridine rings is 1. The number of aromatic nitrogens is 1. The fourth-order valence-electron chi connectivity index (χ4n) is 1.61. The number of aryl methyl sites for hydroxylation is 1. The number of carbonyl (C=O) groups is 1. The molecule has 92 valence electrons. The molecule has 0 radical (unpaired) electrons. The molecule has 1 aromatic heterocycles. The molecule has 4 nitrogen and oxygen atoms in total. The number of Topliss-reactive ketones (excluding diaryl/α,β-unsaturated/α-hetero) is 1. The molecule has 0 saturated carbocycles. The summed E-state index contributed by atoms with van der Waals surface area (Å²) in [7, 11) is 0. The third-order valence-electron chi connectivity index (χ3n) is 2.67. The summed E-state index contributed by atoms with van der Waals surface area (Å²) in [5.41, 5.74) is 8.66. The molecule has 2 aromatic rings. The van der Waals surface area contributed by atoms with Crippen LogP contribution in [0.4, 0.5) is 17.2 Å². The molecule has 0 unspecified atom stereocenters. The predicted molar refractivity (Wildman–Crippen MR) is 73.1 cm³/mol. The lowest BCUT2D eigenvalue weighted by molar-refractivity contribution is 0.101. The van der Waals surface area contributed by atoms with E-state index >= 15 is 0 Å². The molecule has 0 aliphatic carbocycles. The Kier molecular flexibility index (Phi) is 3.28. The highest BCUT2D eigenvalue weighted by atomic mass is 16.1. The highest BCUT2D eigenvalue weighted by molar-refractivity contribution is 5.95. The van der Waals surface area contributed by atoms with Gasteiger partial charge in [0.25, 0.3) is 0 Å². The molecule has 0 aliphatic rings. The number of nitrogen functional groups attached to an aromatic ring is 1. The number of hydrogen-bond acceptors (Lipinski definition) is 4. The minimum Gasteiger partial charge on any atom is -0.397 e. The van der Waals surface area contributed by atoms with Crippen molar-refractivity contribution in [2.24, 2.45) is 0 Å². The molecule has 0 amide bonds. The minimum atomic E-state index is 0.0418. The first kappa shape index (κ1) is 12.1. The van der Waals surface area contributed by atoms with Gasteiger partial charge in [0.2, 0.25) is 0 Å². The van der Waals surface area contributed by atoms with Crippen molar-refractivity contribution < 1.29 is 4.79 Å². The molecule has 18 heavy (non-hydrogen) atoms. The van der Waals surface area contributed by atoms with Crippen LogP contribution in [0, 0.1) is 6.92 Å². The Bertz CT molecular complexity index is 593. The van der Waals surface area contributed by atoms with Gasteiger partial charge in [-0.2, -0.15) is 0 Å². The second kappa shape index (κ2) is 4.87. The number of nitrogens with one attached hydrogen (secondary N) is 1. The van der Waals surface area contributed by atoms with Crippen LogP contribution in [0.1, 0.15) is 23.0 Å². The molecule has 0 atom stereocenters. The van der Waals surface area contributed by atoms with Crippen molar-refractivity contribution >= 4 is 23.0 Å². The second-order valence-electron chi connectivity index (χ2n) is 4.13. The number of benzene rings is 1. The average molecular weight is 241 g/mol. The van der Waals surface area contributed by atoms with Crippen molar-refractivity contribution in [1.82, 2.24) is 4.98 Å². The van der Waals surface area contributed by atoms with E-state index in [1.165, 1.54) is 0 Å². The number of ketones is 1. The first-order valence-electron chi connectivity index (χ1n) is 5.67. The van der Waals surface area contributed by atoms with Gasteiger partial charge in [0, 0.05) is 11.3 Å². The van der Waals surface area contributed by atoms with Crippen molar-refractivity contribution in [3.8, 4) is 0 Å². The van der Waals surface area contributed by atoms with Crippen LogP contribution in [0.5, 0.6) is 0 Å². The number of hydrogen-bond donors (Lipinski definition) is 2. The lowest BCUT2D eigenvalue weighted by Crippen LogP contribution is -1.99. The minimum absolute atomic E-state index is 0.0418. The molecule has 3 N–H and O–H groups in total. The van der Waals surface area contributed by atoms with Crippen molar-refractivity contribution in [1.29, 1.82) is 0 Å². The van der Waals surface area contributed by atoms with Crippen molar-refractivity contribution in [3.63, 3.8) is 0 Å². The zero-order chi connectivity index (χ0) is 13.1. The molecule has 1 aromatic carbocycles. The average Bonchev–Trinajstić information content (AvgIpc) is 2.34. The van der Waals surface area contributed by atoms with Crippen LogP contribution >= 0.6 is 0 Å². The monoisotopic (exact) mass is 241 g/mol. The molecular formula is C14H15N3O. The SMILES string of the molecule is CC(=O)c1cccc(Nc2ccc(N)c(C)n2)c1. The summed E-state index contributed by atoms with van der Waals surface area (Å²) in [5.74, 6) is 0.752. The van der Waals surface area contributed by atoms with E-state index in [0.717, 1.165) is 11.4 Å². The van der Waals surface area contributed by atoms with Gasteiger partial charge in [0.05, 0.1) is 11.4 Å². The molecule has 0 aliphatic heterocycles. The third kappa shape index (κ3) is 2.66. The number of nitrogens with two attached hydrogens (primary N) is 1. The number of nitrogens with zero attached hydrogens (tertiary/aromatic N) is 1. The van der Waals surface area contributed by atoms with E-state index < -0.39 is 0 Å². The van der Waals surface area contributed by atoms with E-state index in [9.17, 15) is 4.79 Å². The number of anilines is 3. The van der Waals surface area contributed by atoms with Crippen LogP contribution in [-0.4, -0.2) is 10.8 Å². The lowest BCUT2D eigenvalue weighted by atomic mass is 10.1. The summed E-state index contributed by atoms with van der Waals surface area (Å²) < 4.78 is 0. The smallest absolute Gasteiger partial charge is 0.159 e. The molecule has 1 heterocycles. The summed E-state index contributed by atoms with van der Waals surface area (Å²) in [5, 5.41) is 3.15. The normalized spacial score (nSPS) is 10.1. The Morgan fingerprint density at radius 3 is 2.72 bits per heavy atom. The van der Waals surface area contributed by atoms with E-state index in [1.807, 2.05) is 25.1 Å². The van der Waals surface area contributed by atoms with Crippen molar-refractivity contribution in [2.45, 2.75) is 13.8 Å². The molecule has 0 bridgehead atoms. The predicted octanol–water partition coefficient (Wildman–Crippen LogP) is 2.92. The zero-order valence-electron chi connectivity index (χ0n) is 10.4. The van der Waals surface area contributed by atoms with Gasteiger partial charge in [-0.25, -0.2) is 4.98 Å². The van der Waals surface area contributed by atoms with Crippen LogP contribution in [0.25, 0.3) is 0 Å². The Labute approximate surface area is 106 Å². The fraction of sp³-hybridized carbons (Fsp3) is 0.143. The van der Waals surface area contributed by atoms with Crippen LogP contribution in [-0.2, 0) is 0 Å². The summed E-state index contributed by atoms with van der Waals surface area (Å²) in [6.07, 6.45) is 0. The standard InChI is InChI=1S/C14H15N3O/c1-9-13(15)6-7-14(16-9)17-12-5-3-4-11(8-12)10(2)18/h3-8H,15H2,1-2H3,(H,16,17). The topological polar surface area (TPSA) is 68.0 Å². The highest BCUT2D eigenvalue weighted by Gasteiger charge is 2.02. The van der Waals surface area contributed by atoms with Gasteiger partial charge in [-0.1, -0.05) is 12.1 Å². The Balaban J connectivity index is 2.25. The maximum atomic E-state index is 11.3. The van der Waals surface area contributed by atoms with Gasteiger partial charge in [-0.3, -0.25) is 4.79 Å². The Morgan fingerprint density at radius 2 is 2.06 bits per heavy atom. The summed E-state index contributed by atoms with van der Waals surface area (Å²) in [6, 6.07) is 10.9. The van der Waals surface area contributed by atoms with E-state index in [4.69, 9.17) is 5.73 Å². The van der Waals surface area contributed by atoms with Crippen LogP contribution in [0.2, 0.25) is 0 Å². The molecular weight excluding hydrogens is 226 g/mol. The number of rotatable bonds is 3. The fourth-order valence-corrected chi connectivity index (χ4v) is 1.61. The Hall–Kier alpha value is -2.36. The summed E-state index contributed by atoms with van der Waals surface area (Å²) >= 11 is 0. The van der Waals surface area contributed by atoms with Crippen LogP contribution in [0.15, 0.2) is 36.4 Å². The lowest BCUT2D eigenvalue weighted by Gasteiger charge is -2.08. The highest BCUT2D eigenvalue weighted by Crippen LogP contribution is 2.18. The van der Waals surface area contributed by atoms with Crippen LogP contribution in [0.3, 0.4) is 0 Å². The van der Waals surface area contributed by atoms with Gasteiger partial charge >= 0.3 is 0 Å². The maximum Gasteiger partial charge on any atom is 0.159 e. The van der Waals surface area contributed by atoms with Gasteiger partial charge in [-0.05, 0) is 38.1 Å². The van der Waals surface area contributed by atoms with Gasteiger partial charge in [0.1, 0.15) is 5.82 Å². The maximum absolute atomic E-state index is 11.3. The van der Waals surface area contributed by atoms with E-state index in [1.54, 1.807) is 25.1 Å². The zero-order valence-corrected chi connectivity index (χ0v) is 10.4. The molecule has 0 spiro atoms. The van der Waals surface area contributed by atoms with Crippen molar-refractivity contribution in [3.05, 3.63) is 47.7 Å². The Morgan fingerprint density at radius 1 is 1.28 bits per heavy atom. The van der Waals surface area contributed by atoms with Gasteiger partial charge < -0.3 is 11.1 Å². The first-order chi connectivity index (χ1) is 8.56. The first-order valence-corrected chi connectivity index (χ1v) is 5.67. The molecule has 0 saturated heterocycles. The van der Waals surface area contributed by atoms with E-state index in [2.05, 4.69) is 10.3 Å².